The molecule has 0 aromatic heterocycles. The summed E-state index contributed by atoms with van der Waals surface area (Å²) >= 11 is 0. The average molecular weight is 415 g/mol. The first-order valence-electron chi connectivity index (χ1n) is 10.1. The van der Waals surface area contributed by atoms with Gasteiger partial charge in [-0.3, -0.25) is 14.4 Å². The van der Waals surface area contributed by atoms with Crippen molar-refractivity contribution in [3.63, 3.8) is 0 Å². The van der Waals surface area contributed by atoms with Gasteiger partial charge in [0.05, 0.1) is 12.1 Å². The number of carbonyl (C=O) groups is 3. The van der Waals surface area contributed by atoms with Crippen molar-refractivity contribution < 1.29 is 14.4 Å². The van der Waals surface area contributed by atoms with Crippen LogP contribution in [0.4, 0.5) is 5.69 Å². The molecule has 31 heavy (non-hydrogen) atoms. The number of amides is 2. The first-order valence-corrected chi connectivity index (χ1v) is 10.1. The summed E-state index contributed by atoms with van der Waals surface area (Å²) in [5.41, 5.74) is 4.92. The van der Waals surface area contributed by atoms with Gasteiger partial charge >= 0.3 is 0 Å². The number of nitrogens with zero attached hydrogens (tertiary/aromatic N) is 1. The molecule has 2 amide bonds. The summed E-state index contributed by atoms with van der Waals surface area (Å²) in [7, 11) is 1.56. The molecule has 5 nitrogen and oxygen atoms in total. The largest absolute Gasteiger partial charge is 0.332 e. The molecule has 3 aromatic carbocycles. The highest BCUT2D eigenvalue weighted by Crippen LogP contribution is 2.22. The number of hydrogen-bond donors (Lipinski definition) is 1. The fourth-order valence-electron chi connectivity index (χ4n) is 3.66. The Labute approximate surface area is 182 Å². The predicted molar refractivity (Wildman–Crippen MR) is 123 cm³/mol. The molecule has 0 radical (unpaired) electrons. The summed E-state index contributed by atoms with van der Waals surface area (Å²) in [4.78, 5) is 39.9. The van der Waals surface area contributed by atoms with E-state index in [0.29, 0.717) is 11.1 Å². The molecule has 0 unspecified atom stereocenters. The molecular formula is C26H26N2O3. The van der Waals surface area contributed by atoms with E-state index in [4.69, 9.17) is 0 Å². The number of anilines is 1. The fraction of sp³-hybridized carbons (Fsp3) is 0.192. The summed E-state index contributed by atoms with van der Waals surface area (Å²) in [5, 5.41) is 2.91. The Morgan fingerprint density at radius 3 is 1.97 bits per heavy atom. The maximum absolute atomic E-state index is 13.1. The molecule has 0 fully saturated rings. The van der Waals surface area contributed by atoms with Crippen molar-refractivity contribution in [3.05, 3.63) is 100 Å². The number of rotatable bonds is 6. The Hall–Kier alpha value is -3.73. The first kappa shape index (κ1) is 22.0. The Morgan fingerprint density at radius 1 is 0.806 bits per heavy atom. The smallest absolute Gasteiger partial charge is 0.254 e. The van der Waals surface area contributed by atoms with E-state index in [2.05, 4.69) is 5.32 Å². The summed E-state index contributed by atoms with van der Waals surface area (Å²) in [6.07, 6.45) is 0. The van der Waals surface area contributed by atoms with Crippen molar-refractivity contribution in [1.82, 2.24) is 4.90 Å². The van der Waals surface area contributed by atoms with Gasteiger partial charge in [0.1, 0.15) is 0 Å². The van der Waals surface area contributed by atoms with Crippen LogP contribution in [0.3, 0.4) is 0 Å². The molecule has 0 aliphatic carbocycles. The molecule has 158 valence electrons. The quantitative estimate of drug-likeness (QED) is 0.602. The predicted octanol–water partition coefficient (Wildman–Crippen LogP) is 4.55. The second kappa shape index (κ2) is 9.39. The van der Waals surface area contributed by atoms with Gasteiger partial charge in [-0.15, -0.1) is 0 Å². The van der Waals surface area contributed by atoms with E-state index in [-0.39, 0.29) is 29.7 Å². The van der Waals surface area contributed by atoms with Gasteiger partial charge in [0.15, 0.2) is 5.78 Å². The Kier molecular flexibility index (Phi) is 6.65. The number of hydrogen-bond acceptors (Lipinski definition) is 3. The van der Waals surface area contributed by atoms with Crippen LogP contribution in [-0.2, 0) is 4.79 Å². The van der Waals surface area contributed by atoms with Crippen LogP contribution in [0.15, 0.2) is 66.7 Å². The van der Waals surface area contributed by atoms with E-state index in [1.165, 1.54) is 4.90 Å². The molecule has 0 saturated carbocycles. The average Bonchev–Trinajstić information content (AvgIpc) is 2.75. The second-order valence-corrected chi connectivity index (χ2v) is 7.72. The van der Waals surface area contributed by atoms with E-state index >= 15 is 0 Å². The number of ketones is 1. The van der Waals surface area contributed by atoms with Gasteiger partial charge < -0.3 is 10.2 Å². The lowest BCUT2D eigenvalue weighted by atomic mass is 9.97. The molecule has 5 heteroatoms. The van der Waals surface area contributed by atoms with E-state index in [1.54, 1.807) is 55.6 Å². The lowest BCUT2D eigenvalue weighted by Crippen LogP contribution is -2.35. The van der Waals surface area contributed by atoms with Crippen molar-refractivity contribution in [2.75, 3.05) is 18.9 Å². The van der Waals surface area contributed by atoms with Crippen LogP contribution >= 0.6 is 0 Å². The van der Waals surface area contributed by atoms with Crippen LogP contribution in [0.25, 0.3) is 0 Å². The van der Waals surface area contributed by atoms with Gasteiger partial charge in [0, 0.05) is 23.9 Å². The van der Waals surface area contributed by atoms with E-state index in [1.807, 2.05) is 39.0 Å². The number of carbonyl (C=O) groups excluding carboxylic acids is 3. The molecule has 0 saturated heterocycles. The summed E-state index contributed by atoms with van der Waals surface area (Å²) in [6, 6.07) is 19.5. The maximum atomic E-state index is 13.1. The minimum absolute atomic E-state index is 0.126. The Balaban J connectivity index is 1.77. The van der Waals surface area contributed by atoms with E-state index in [9.17, 15) is 14.4 Å². The number of benzene rings is 3. The number of likely N-dealkylation sites (N-methyl/N-ethyl adjacent to an activating group) is 1. The van der Waals surface area contributed by atoms with Crippen molar-refractivity contribution in [2.24, 2.45) is 0 Å². The van der Waals surface area contributed by atoms with Crippen LogP contribution < -0.4 is 5.32 Å². The monoisotopic (exact) mass is 414 g/mol. The highest BCUT2D eigenvalue weighted by Gasteiger charge is 2.22. The zero-order chi connectivity index (χ0) is 22.5. The summed E-state index contributed by atoms with van der Waals surface area (Å²) < 4.78 is 0. The van der Waals surface area contributed by atoms with Crippen LogP contribution in [0.5, 0.6) is 0 Å². The normalized spacial score (nSPS) is 10.5. The molecule has 0 spiro atoms. The lowest BCUT2D eigenvalue weighted by molar-refractivity contribution is -0.116. The van der Waals surface area contributed by atoms with Gasteiger partial charge in [-0.2, -0.15) is 0 Å². The third-order valence-electron chi connectivity index (χ3n) is 5.11. The molecule has 0 bridgehead atoms. The zero-order valence-electron chi connectivity index (χ0n) is 18.2. The SMILES string of the molecule is Cc1cc(C)c(NC(=O)CN(C)C(=O)c2ccccc2C(=O)c2ccccc2)c(C)c1. The van der Waals surface area contributed by atoms with Gasteiger partial charge in [-0.05, 0) is 38.0 Å². The first-order chi connectivity index (χ1) is 14.8. The standard InChI is InChI=1S/C26H26N2O3/c1-17-14-18(2)24(19(3)15-17)27-23(29)16-28(4)26(31)22-13-9-8-12-21(22)25(30)20-10-6-5-7-11-20/h5-15H,16H2,1-4H3,(H,27,29). The topological polar surface area (TPSA) is 66.5 Å². The van der Waals surface area contributed by atoms with Crippen molar-refractivity contribution in [2.45, 2.75) is 20.8 Å². The third kappa shape index (κ3) is 5.07. The fourth-order valence-corrected chi connectivity index (χ4v) is 3.66. The summed E-state index contributed by atoms with van der Waals surface area (Å²) in [6.45, 7) is 5.76. The van der Waals surface area contributed by atoms with Crippen molar-refractivity contribution in [1.29, 1.82) is 0 Å². The van der Waals surface area contributed by atoms with Crippen LogP contribution in [0.2, 0.25) is 0 Å². The molecule has 0 atom stereocenters. The van der Waals surface area contributed by atoms with Crippen LogP contribution in [0, 0.1) is 20.8 Å². The lowest BCUT2D eigenvalue weighted by Gasteiger charge is -2.19. The minimum Gasteiger partial charge on any atom is -0.332 e. The highest BCUT2D eigenvalue weighted by molar-refractivity contribution is 6.15. The highest BCUT2D eigenvalue weighted by atomic mass is 16.2. The third-order valence-corrected chi connectivity index (χ3v) is 5.11. The number of aryl methyl sites for hydroxylation is 3. The second-order valence-electron chi connectivity index (χ2n) is 7.72. The van der Waals surface area contributed by atoms with Gasteiger partial charge in [-0.1, -0.05) is 66.2 Å². The number of nitrogens with one attached hydrogen (secondary N) is 1. The molecule has 0 heterocycles. The molecule has 3 aromatic rings. The molecular weight excluding hydrogens is 388 g/mol. The van der Waals surface area contributed by atoms with Crippen molar-refractivity contribution >= 4 is 23.3 Å². The summed E-state index contributed by atoms with van der Waals surface area (Å²) in [5.74, 6) is -0.904. The molecule has 1 N–H and O–H groups in total. The molecule has 0 aliphatic heterocycles. The van der Waals surface area contributed by atoms with Gasteiger partial charge in [0.25, 0.3) is 5.91 Å². The van der Waals surface area contributed by atoms with E-state index < -0.39 is 0 Å². The maximum Gasteiger partial charge on any atom is 0.254 e. The van der Waals surface area contributed by atoms with Crippen LogP contribution in [-0.4, -0.2) is 36.1 Å². The van der Waals surface area contributed by atoms with Crippen molar-refractivity contribution in [3.8, 4) is 0 Å². The zero-order valence-corrected chi connectivity index (χ0v) is 18.2. The van der Waals surface area contributed by atoms with Crippen LogP contribution in [0.1, 0.15) is 43.0 Å². The van der Waals surface area contributed by atoms with Gasteiger partial charge in [0.2, 0.25) is 5.91 Å². The van der Waals surface area contributed by atoms with E-state index in [0.717, 1.165) is 22.4 Å². The van der Waals surface area contributed by atoms with Gasteiger partial charge in [-0.25, -0.2) is 0 Å². The minimum atomic E-state index is -0.382. The Bertz CT molecular complexity index is 1110. The molecule has 3 rings (SSSR count). The Morgan fingerprint density at radius 2 is 1.35 bits per heavy atom. The molecule has 0 aliphatic rings.